The van der Waals surface area contributed by atoms with Crippen LogP contribution >= 0.6 is 27.5 Å². The number of alkyl halides is 1. The molecular formula is C16H16BrClN2O4. The third-order valence-corrected chi connectivity index (χ3v) is 4.45. The molecule has 0 fully saturated rings. The molecule has 1 heterocycles. The molecule has 0 aromatic heterocycles. The number of hydrogen-bond acceptors (Lipinski definition) is 5. The SMILES string of the molecule is CC1=NC(C)=C(C(=O)OCCBr)C(c2ccccc2Cl)C1[N+](=O)[O-]. The molecule has 0 spiro atoms. The van der Waals surface area contributed by atoms with Crippen LogP contribution in [0.25, 0.3) is 0 Å². The summed E-state index contributed by atoms with van der Waals surface area (Å²) in [4.78, 5) is 27.9. The zero-order chi connectivity index (χ0) is 17.9. The first kappa shape index (κ1) is 18.6. The minimum atomic E-state index is -1.17. The molecule has 0 N–H and O–H groups in total. The minimum Gasteiger partial charge on any atom is -0.461 e. The van der Waals surface area contributed by atoms with Crippen molar-refractivity contribution in [1.82, 2.24) is 0 Å². The fourth-order valence-corrected chi connectivity index (χ4v) is 3.24. The Balaban J connectivity index is 2.61. The maximum Gasteiger partial charge on any atom is 0.336 e. The maximum atomic E-state index is 12.5. The summed E-state index contributed by atoms with van der Waals surface area (Å²) in [7, 11) is 0. The molecular weight excluding hydrogens is 400 g/mol. The first-order valence-electron chi connectivity index (χ1n) is 7.25. The second kappa shape index (κ2) is 7.90. The molecule has 0 saturated heterocycles. The second-order valence-electron chi connectivity index (χ2n) is 5.31. The highest BCUT2D eigenvalue weighted by atomic mass is 79.9. The highest BCUT2D eigenvalue weighted by molar-refractivity contribution is 9.09. The Morgan fingerprint density at radius 2 is 2.08 bits per heavy atom. The zero-order valence-electron chi connectivity index (χ0n) is 13.2. The number of rotatable bonds is 5. The molecule has 0 aliphatic carbocycles. The molecule has 128 valence electrons. The van der Waals surface area contributed by atoms with E-state index in [4.69, 9.17) is 16.3 Å². The molecule has 6 nitrogen and oxygen atoms in total. The number of nitro groups is 1. The van der Waals surface area contributed by atoms with Crippen molar-refractivity contribution in [3.8, 4) is 0 Å². The van der Waals surface area contributed by atoms with E-state index in [-0.39, 0.29) is 12.2 Å². The number of esters is 1. The fourth-order valence-electron chi connectivity index (χ4n) is 2.83. The van der Waals surface area contributed by atoms with E-state index in [9.17, 15) is 14.9 Å². The van der Waals surface area contributed by atoms with E-state index in [0.29, 0.717) is 27.3 Å². The van der Waals surface area contributed by atoms with Crippen LogP contribution in [-0.2, 0) is 9.53 Å². The second-order valence-corrected chi connectivity index (χ2v) is 6.51. The van der Waals surface area contributed by atoms with E-state index in [1.165, 1.54) is 0 Å². The average molecular weight is 416 g/mol. The Bertz CT molecular complexity index is 733. The Hall–Kier alpha value is -1.73. The van der Waals surface area contributed by atoms with Crippen LogP contribution in [0.5, 0.6) is 0 Å². The minimum absolute atomic E-state index is 0.163. The Morgan fingerprint density at radius 1 is 1.42 bits per heavy atom. The molecule has 0 saturated carbocycles. The predicted octanol–water partition coefficient (Wildman–Crippen LogP) is 3.76. The first-order valence-corrected chi connectivity index (χ1v) is 8.75. The molecule has 2 atom stereocenters. The lowest BCUT2D eigenvalue weighted by Gasteiger charge is -2.28. The lowest BCUT2D eigenvalue weighted by atomic mass is 9.80. The molecule has 0 bridgehead atoms. The van der Waals surface area contributed by atoms with Crippen molar-refractivity contribution in [3.05, 3.63) is 56.2 Å². The molecule has 1 aliphatic rings. The molecule has 2 unspecified atom stereocenters. The van der Waals surface area contributed by atoms with E-state index >= 15 is 0 Å². The summed E-state index contributed by atoms with van der Waals surface area (Å²) in [5.74, 6) is -1.45. The van der Waals surface area contributed by atoms with E-state index in [0.717, 1.165) is 0 Å². The quantitative estimate of drug-likeness (QED) is 0.317. The Kier molecular flexibility index (Phi) is 6.12. The third kappa shape index (κ3) is 3.67. The van der Waals surface area contributed by atoms with Gasteiger partial charge in [-0.2, -0.15) is 0 Å². The standard InChI is InChI=1S/C16H16BrClN2O4/c1-9-13(16(21)24-8-7-17)14(11-5-3-4-6-12(11)18)15(20(22)23)10(2)19-9/h3-6,14-15H,7-8H2,1-2H3. The lowest BCUT2D eigenvalue weighted by Crippen LogP contribution is -2.40. The number of carbonyl (C=O) groups excluding carboxylic acids is 1. The van der Waals surface area contributed by atoms with Gasteiger partial charge in [0.05, 0.1) is 17.2 Å². The van der Waals surface area contributed by atoms with Crippen LogP contribution in [0.3, 0.4) is 0 Å². The highest BCUT2D eigenvalue weighted by Gasteiger charge is 2.45. The molecule has 1 aliphatic heterocycles. The molecule has 0 radical (unpaired) electrons. The number of nitrogens with zero attached hydrogens (tertiary/aromatic N) is 2. The van der Waals surface area contributed by atoms with Gasteiger partial charge in [-0.25, -0.2) is 4.79 Å². The lowest BCUT2D eigenvalue weighted by molar-refractivity contribution is -0.505. The van der Waals surface area contributed by atoms with Crippen molar-refractivity contribution in [2.75, 3.05) is 11.9 Å². The number of allylic oxidation sites excluding steroid dienone is 1. The van der Waals surface area contributed by atoms with Crippen LogP contribution < -0.4 is 0 Å². The van der Waals surface area contributed by atoms with E-state index in [2.05, 4.69) is 20.9 Å². The summed E-state index contributed by atoms with van der Waals surface area (Å²) in [5, 5.41) is 12.5. The number of hydrogen-bond donors (Lipinski definition) is 0. The van der Waals surface area contributed by atoms with Gasteiger partial charge in [-0.05, 0) is 25.5 Å². The zero-order valence-corrected chi connectivity index (χ0v) is 15.5. The normalized spacial score (nSPS) is 20.6. The number of aliphatic imine (C=N–C) groups is 1. The summed E-state index contributed by atoms with van der Waals surface area (Å²) in [6.45, 7) is 3.40. The van der Waals surface area contributed by atoms with Gasteiger partial charge in [0.15, 0.2) is 0 Å². The summed E-state index contributed by atoms with van der Waals surface area (Å²) >= 11 is 9.44. The van der Waals surface area contributed by atoms with Crippen molar-refractivity contribution >= 4 is 39.2 Å². The van der Waals surface area contributed by atoms with E-state index in [1.54, 1.807) is 38.1 Å². The summed E-state index contributed by atoms with van der Waals surface area (Å²) in [6.07, 6.45) is 0. The smallest absolute Gasteiger partial charge is 0.336 e. The van der Waals surface area contributed by atoms with Crippen molar-refractivity contribution in [3.63, 3.8) is 0 Å². The van der Waals surface area contributed by atoms with Crippen molar-refractivity contribution < 1.29 is 14.5 Å². The van der Waals surface area contributed by atoms with Crippen molar-refractivity contribution in [2.24, 2.45) is 4.99 Å². The number of halogens is 2. The van der Waals surface area contributed by atoms with Gasteiger partial charge in [-0.3, -0.25) is 15.1 Å². The molecule has 8 heteroatoms. The van der Waals surface area contributed by atoms with Crippen LogP contribution in [0.4, 0.5) is 0 Å². The molecule has 0 amide bonds. The molecule has 1 aromatic carbocycles. The third-order valence-electron chi connectivity index (χ3n) is 3.79. The van der Waals surface area contributed by atoms with Crippen LogP contribution in [0.15, 0.2) is 40.5 Å². The maximum absolute atomic E-state index is 12.5. The van der Waals surface area contributed by atoms with Gasteiger partial charge < -0.3 is 4.74 Å². The molecule has 2 rings (SSSR count). The van der Waals surface area contributed by atoms with Gasteiger partial charge in [0, 0.05) is 21.0 Å². The van der Waals surface area contributed by atoms with E-state index in [1.807, 2.05) is 0 Å². The monoisotopic (exact) mass is 414 g/mol. The molecule has 1 aromatic rings. The number of ether oxygens (including phenoxy) is 1. The largest absolute Gasteiger partial charge is 0.461 e. The number of carbonyl (C=O) groups is 1. The topological polar surface area (TPSA) is 81.8 Å². The van der Waals surface area contributed by atoms with Crippen LogP contribution in [0.1, 0.15) is 25.3 Å². The van der Waals surface area contributed by atoms with Gasteiger partial charge in [-0.1, -0.05) is 45.7 Å². The van der Waals surface area contributed by atoms with Crippen LogP contribution in [0.2, 0.25) is 5.02 Å². The van der Waals surface area contributed by atoms with Crippen molar-refractivity contribution in [2.45, 2.75) is 25.8 Å². The Morgan fingerprint density at radius 3 is 2.67 bits per heavy atom. The fraction of sp³-hybridized carbons (Fsp3) is 0.375. The van der Waals surface area contributed by atoms with Gasteiger partial charge >= 0.3 is 5.97 Å². The van der Waals surface area contributed by atoms with Crippen LogP contribution in [0, 0.1) is 10.1 Å². The van der Waals surface area contributed by atoms with Crippen LogP contribution in [-0.4, -0.2) is 34.6 Å². The number of benzene rings is 1. The predicted molar refractivity (Wildman–Crippen MR) is 95.5 cm³/mol. The average Bonchev–Trinajstić information content (AvgIpc) is 2.52. The summed E-state index contributed by atoms with van der Waals surface area (Å²) in [6, 6.07) is 5.63. The van der Waals surface area contributed by atoms with Gasteiger partial charge in [0.1, 0.15) is 6.61 Å². The molecule has 24 heavy (non-hydrogen) atoms. The van der Waals surface area contributed by atoms with Crippen molar-refractivity contribution in [1.29, 1.82) is 0 Å². The van der Waals surface area contributed by atoms with Gasteiger partial charge in [0.25, 0.3) is 6.04 Å². The van der Waals surface area contributed by atoms with Gasteiger partial charge in [-0.15, -0.1) is 0 Å². The summed E-state index contributed by atoms with van der Waals surface area (Å²) < 4.78 is 5.18. The Labute approximate surface area is 152 Å². The first-order chi connectivity index (χ1) is 11.4. The van der Waals surface area contributed by atoms with E-state index < -0.39 is 22.9 Å². The summed E-state index contributed by atoms with van der Waals surface area (Å²) in [5.41, 5.74) is 1.44. The highest BCUT2D eigenvalue weighted by Crippen LogP contribution is 2.39. The van der Waals surface area contributed by atoms with Gasteiger partial charge in [0.2, 0.25) is 0 Å².